The van der Waals surface area contributed by atoms with Crippen LogP contribution in [-0.2, 0) is 0 Å². The molecule has 1 aromatic heterocycles. The van der Waals surface area contributed by atoms with Gasteiger partial charge < -0.3 is 14.6 Å². The third-order valence-electron chi connectivity index (χ3n) is 11.5. The average molecular weight is 797 g/mol. The Labute approximate surface area is 360 Å². The van der Waals surface area contributed by atoms with Gasteiger partial charge in [0.15, 0.2) is 5.84 Å². The molecule has 5 heteroatoms. The van der Waals surface area contributed by atoms with Crippen molar-refractivity contribution in [3.05, 3.63) is 247 Å². The highest BCUT2D eigenvalue weighted by atomic mass is 16.3. The number of fused-ring (bicyclic) bond motifs is 3. The molecule has 5 nitrogen and oxygen atoms in total. The molecule has 10 aromatic rings. The Morgan fingerprint density at radius 3 is 1.58 bits per heavy atom. The number of hydrogen-bond acceptors (Lipinski definition) is 5. The van der Waals surface area contributed by atoms with E-state index in [1.165, 1.54) is 11.1 Å². The van der Waals surface area contributed by atoms with Gasteiger partial charge in [-0.3, -0.25) is 0 Å². The Kier molecular flexibility index (Phi) is 9.52. The van der Waals surface area contributed by atoms with Crippen LogP contribution in [0.3, 0.4) is 0 Å². The molecule has 0 radical (unpaired) electrons. The Morgan fingerprint density at radius 2 is 0.952 bits per heavy atom. The van der Waals surface area contributed by atoms with Crippen molar-refractivity contribution in [1.29, 1.82) is 0 Å². The van der Waals surface area contributed by atoms with E-state index >= 15 is 0 Å². The fourth-order valence-electron chi connectivity index (χ4n) is 8.48. The summed E-state index contributed by atoms with van der Waals surface area (Å²) in [5.74, 6) is 1.41. The van der Waals surface area contributed by atoms with Crippen molar-refractivity contribution in [2.75, 3.05) is 4.90 Å². The molecule has 62 heavy (non-hydrogen) atoms. The van der Waals surface area contributed by atoms with Crippen LogP contribution in [0.2, 0.25) is 0 Å². The summed E-state index contributed by atoms with van der Waals surface area (Å²) in [5.41, 5.74) is 14.5. The zero-order chi connectivity index (χ0) is 41.2. The van der Waals surface area contributed by atoms with Crippen LogP contribution < -0.4 is 10.2 Å². The molecular formula is C57H40N4O. The average Bonchev–Trinajstić information content (AvgIpc) is 3.74. The molecular weight excluding hydrogens is 757 g/mol. The molecule has 0 fully saturated rings. The molecule has 0 spiro atoms. The number of amidine groups is 2. The van der Waals surface area contributed by atoms with Crippen molar-refractivity contribution in [3.8, 4) is 33.4 Å². The first-order chi connectivity index (χ1) is 30.7. The lowest BCUT2D eigenvalue weighted by molar-refractivity contribution is 0.666. The number of nitrogens with one attached hydrogen (secondary N) is 1. The van der Waals surface area contributed by atoms with Crippen LogP contribution in [0.1, 0.15) is 22.9 Å². The highest BCUT2D eigenvalue weighted by Crippen LogP contribution is 2.42. The van der Waals surface area contributed by atoms with E-state index in [1.807, 2.05) is 48.5 Å². The molecule has 9 aromatic carbocycles. The van der Waals surface area contributed by atoms with Gasteiger partial charge in [-0.2, -0.15) is 0 Å². The number of hydrogen-bond donors (Lipinski definition) is 1. The molecule has 2 heterocycles. The summed E-state index contributed by atoms with van der Waals surface area (Å²) in [7, 11) is 0. The van der Waals surface area contributed by atoms with E-state index in [0.29, 0.717) is 5.84 Å². The predicted molar refractivity (Wildman–Crippen MR) is 257 cm³/mol. The van der Waals surface area contributed by atoms with Crippen LogP contribution >= 0.6 is 0 Å². The summed E-state index contributed by atoms with van der Waals surface area (Å²) in [6.07, 6.45) is -0.320. The number of anilines is 3. The number of benzene rings is 9. The molecule has 0 amide bonds. The highest BCUT2D eigenvalue weighted by molar-refractivity contribution is 6.18. The van der Waals surface area contributed by atoms with E-state index in [2.05, 4.69) is 192 Å². The number of nitrogens with zero attached hydrogens (tertiary/aromatic N) is 3. The van der Waals surface area contributed by atoms with Gasteiger partial charge >= 0.3 is 0 Å². The Balaban J connectivity index is 1.05. The van der Waals surface area contributed by atoms with Crippen LogP contribution in [0.25, 0.3) is 55.3 Å². The van der Waals surface area contributed by atoms with Gasteiger partial charge in [0, 0.05) is 39.0 Å². The number of para-hydroxylation sites is 1. The fourth-order valence-corrected chi connectivity index (χ4v) is 8.48. The molecule has 1 N–H and O–H groups in total. The van der Waals surface area contributed by atoms with Crippen LogP contribution in [0, 0.1) is 0 Å². The molecule has 1 atom stereocenters. The first-order valence-electron chi connectivity index (χ1n) is 20.9. The van der Waals surface area contributed by atoms with Crippen molar-refractivity contribution in [2.24, 2.45) is 9.98 Å². The smallest absolute Gasteiger partial charge is 0.159 e. The van der Waals surface area contributed by atoms with Crippen LogP contribution in [-0.4, -0.2) is 11.7 Å². The van der Waals surface area contributed by atoms with E-state index in [9.17, 15) is 0 Å². The molecule has 0 saturated carbocycles. The van der Waals surface area contributed by atoms with E-state index < -0.39 is 0 Å². The van der Waals surface area contributed by atoms with Gasteiger partial charge in [0.05, 0.1) is 0 Å². The van der Waals surface area contributed by atoms with Gasteiger partial charge in [0.1, 0.15) is 23.2 Å². The van der Waals surface area contributed by atoms with Gasteiger partial charge in [-0.1, -0.05) is 176 Å². The summed E-state index contributed by atoms with van der Waals surface area (Å²) in [6, 6.07) is 80.7. The fraction of sp³-hybridized carbons (Fsp3) is 0.0175. The molecule has 294 valence electrons. The van der Waals surface area contributed by atoms with Crippen molar-refractivity contribution in [2.45, 2.75) is 6.17 Å². The van der Waals surface area contributed by atoms with Gasteiger partial charge in [-0.25, -0.2) is 9.98 Å². The van der Waals surface area contributed by atoms with E-state index in [4.69, 9.17) is 14.4 Å². The van der Waals surface area contributed by atoms with Gasteiger partial charge in [-0.05, 0) is 93.5 Å². The number of rotatable bonds is 9. The third-order valence-corrected chi connectivity index (χ3v) is 11.5. The lowest BCUT2D eigenvalue weighted by Gasteiger charge is -2.27. The quantitative estimate of drug-likeness (QED) is 0.158. The second-order valence-electron chi connectivity index (χ2n) is 15.4. The van der Waals surface area contributed by atoms with Crippen molar-refractivity contribution >= 4 is 50.7 Å². The number of furan rings is 1. The maximum absolute atomic E-state index is 6.62. The first kappa shape index (κ1) is 36.8. The Morgan fingerprint density at radius 1 is 0.403 bits per heavy atom. The standard InChI is InChI=1S/C57H40N4O/c1-5-17-39(18-6-1)44-25-15-27-48(35-44)61(49-28-16-26-45(36-49)40-19-7-2-8-20-40)47-33-31-41(32-34-47)51-37-46(38-53-54(51)50-29-13-14-30-52(50)62-53)57-59-55(42-21-9-3-10-22-42)58-56(60-57)43-23-11-4-12-24-43/h1-38,55H,(H,58,59,60). The molecule has 0 bridgehead atoms. The van der Waals surface area contributed by atoms with Gasteiger partial charge in [0.25, 0.3) is 0 Å². The normalized spacial score (nSPS) is 13.6. The topological polar surface area (TPSA) is 53.1 Å². The highest BCUT2D eigenvalue weighted by Gasteiger charge is 2.24. The molecule has 0 saturated heterocycles. The zero-order valence-corrected chi connectivity index (χ0v) is 33.8. The van der Waals surface area contributed by atoms with Crippen molar-refractivity contribution in [1.82, 2.24) is 5.32 Å². The largest absolute Gasteiger partial charge is 0.456 e. The second kappa shape index (κ2) is 16.1. The maximum Gasteiger partial charge on any atom is 0.159 e. The summed E-state index contributed by atoms with van der Waals surface area (Å²) in [4.78, 5) is 12.6. The monoisotopic (exact) mass is 796 g/mol. The van der Waals surface area contributed by atoms with Crippen molar-refractivity contribution in [3.63, 3.8) is 0 Å². The third kappa shape index (κ3) is 7.12. The summed E-state index contributed by atoms with van der Waals surface area (Å²) < 4.78 is 6.62. The molecule has 0 aliphatic carbocycles. The minimum Gasteiger partial charge on any atom is -0.456 e. The second-order valence-corrected chi connectivity index (χ2v) is 15.4. The van der Waals surface area contributed by atoms with Crippen LogP contribution in [0.15, 0.2) is 245 Å². The van der Waals surface area contributed by atoms with Crippen LogP contribution in [0.5, 0.6) is 0 Å². The molecule has 1 unspecified atom stereocenters. The van der Waals surface area contributed by atoms with E-state index in [1.54, 1.807) is 0 Å². The maximum atomic E-state index is 6.62. The summed E-state index contributed by atoms with van der Waals surface area (Å²) in [5, 5.41) is 5.80. The number of aliphatic imine (C=N–C) groups is 2. The summed E-state index contributed by atoms with van der Waals surface area (Å²) >= 11 is 0. The lowest BCUT2D eigenvalue weighted by Crippen LogP contribution is -2.33. The molecule has 11 rings (SSSR count). The van der Waals surface area contributed by atoms with Crippen LogP contribution in [0.4, 0.5) is 17.1 Å². The first-order valence-corrected chi connectivity index (χ1v) is 20.9. The molecule has 1 aliphatic heterocycles. The predicted octanol–water partition coefficient (Wildman–Crippen LogP) is 14.6. The minimum absolute atomic E-state index is 0.320. The Hall–Kier alpha value is -8.28. The van der Waals surface area contributed by atoms with Crippen molar-refractivity contribution < 1.29 is 4.42 Å². The molecule has 1 aliphatic rings. The SMILES string of the molecule is c1ccc(C2=NC(c3ccccc3)NC(c3cc(-c4ccc(N(c5cccc(-c6ccccc6)c5)c5cccc(-c6ccccc6)c5)cc4)c4c(c3)oc3ccccc34)=N2)cc1. The zero-order valence-electron chi connectivity index (χ0n) is 33.8. The minimum atomic E-state index is -0.320. The summed E-state index contributed by atoms with van der Waals surface area (Å²) in [6.45, 7) is 0. The van der Waals surface area contributed by atoms with Gasteiger partial charge in [0.2, 0.25) is 0 Å². The van der Waals surface area contributed by atoms with Gasteiger partial charge in [-0.15, -0.1) is 0 Å². The van der Waals surface area contributed by atoms with E-state index in [0.717, 1.165) is 83.8 Å². The lowest BCUT2D eigenvalue weighted by atomic mass is 9.96. The Bertz CT molecular complexity index is 3170. The van der Waals surface area contributed by atoms with E-state index in [-0.39, 0.29) is 6.17 Å².